The van der Waals surface area contributed by atoms with E-state index in [4.69, 9.17) is 4.74 Å². The normalized spacial score (nSPS) is 11.7. The molecule has 0 unspecified atom stereocenters. The third-order valence-electron chi connectivity index (χ3n) is 2.01. The van der Waals surface area contributed by atoms with E-state index in [0.717, 1.165) is 5.39 Å². The fraction of sp³-hybridized carbons (Fsp3) is 0.333. The second-order valence-electron chi connectivity index (χ2n) is 4.63. The van der Waals surface area contributed by atoms with Crippen molar-refractivity contribution in [2.24, 2.45) is 0 Å². The second kappa shape index (κ2) is 3.63. The van der Waals surface area contributed by atoms with E-state index in [1.165, 1.54) is 0 Å². The van der Waals surface area contributed by atoms with Gasteiger partial charge in [0.05, 0.1) is 0 Å². The van der Waals surface area contributed by atoms with Crippen molar-refractivity contribution in [2.45, 2.75) is 26.4 Å². The van der Waals surface area contributed by atoms with Crippen LogP contribution in [0, 0.1) is 0 Å². The van der Waals surface area contributed by atoms with Crippen LogP contribution < -0.4 is 0 Å². The van der Waals surface area contributed by atoms with Crippen LogP contribution in [0.2, 0.25) is 0 Å². The van der Waals surface area contributed by atoms with Crippen LogP contribution in [0.15, 0.2) is 24.4 Å². The lowest BCUT2D eigenvalue weighted by Crippen LogP contribution is -2.24. The molecule has 4 nitrogen and oxygen atoms in total. The summed E-state index contributed by atoms with van der Waals surface area (Å²) in [7, 11) is 0. The maximum atomic E-state index is 11.7. The van der Waals surface area contributed by atoms with Gasteiger partial charge in [-0.05, 0) is 39.0 Å². The van der Waals surface area contributed by atoms with Gasteiger partial charge in [-0.25, -0.2) is 9.78 Å². The van der Waals surface area contributed by atoms with E-state index in [1.54, 1.807) is 12.3 Å². The predicted octanol–water partition coefficient (Wildman–Crippen LogP) is 2.52. The van der Waals surface area contributed by atoms with Crippen molar-refractivity contribution in [3.05, 3.63) is 30.1 Å². The number of esters is 1. The monoisotopic (exact) mass is 218 g/mol. The van der Waals surface area contributed by atoms with Crippen LogP contribution >= 0.6 is 0 Å². The Morgan fingerprint density at radius 1 is 1.44 bits per heavy atom. The van der Waals surface area contributed by atoms with E-state index in [9.17, 15) is 4.79 Å². The summed E-state index contributed by atoms with van der Waals surface area (Å²) in [6.45, 7) is 5.52. The van der Waals surface area contributed by atoms with E-state index in [1.807, 2.05) is 32.9 Å². The standard InChI is InChI=1S/C12H14N2O2/c1-12(2,3)16-11(15)9-7-8-5-4-6-13-10(8)14-9/h4-7H,1-3H3,(H,13,14). The number of fused-ring (bicyclic) bond motifs is 1. The molecule has 2 heterocycles. The Hall–Kier alpha value is -1.84. The maximum absolute atomic E-state index is 11.7. The summed E-state index contributed by atoms with van der Waals surface area (Å²) in [5.41, 5.74) is 0.647. The first-order valence-corrected chi connectivity index (χ1v) is 5.13. The van der Waals surface area contributed by atoms with Crippen LogP contribution in [0.1, 0.15) is 31.3 Å². The molecular formula is C12H14N2O2. The highest BCUT2D eigenvalue weighted by Crippen LogP contribution is 2.16. The van der Waals surface area contributed by atoms with Gasteiger partial charge < -0.3 is 9.72 Å². The molecule has 2 aromatic rings. The zero-order valence-electron chi connectivity index (χ0n) is 9.57. The zero-order chi connectivity index (χ0) is 11.8. The molecule has 0 atom stereocenters. The fourth-order valence-corrected chi connectivity index (χ4v) is 1.40. The smallest absolute Gasteiger partial charge is 0.355 e. The fourth-order valence-electron chi connectivity index (χ4n) is 1.40. The number of nitrogens with zero attached hydrogens (tertiary/aromatic N) is 1. The van der Waals surface area contributed by atoms with E-state index in [-0.39, 0.29) is 5.97 Å². The maximum Gasteiger partial charge on any atom is 0.355 e. The summed E-state index contributed by atoms with van der Waals surface area (Å²) in [6, 6.07) is 5.47. The average Bonchev–Trinajstić information content (AvgIpc) is 2.58. The number of rotatable bonds is 1. The van der Waals surface area contributed by atoms with Gasteiger partial charge in [0.2, 0.25) is 0 Å². The lowest BCUT2D eigenvalue weighted by atomic mass is 10.2. The van der Waals surface area contributed by atoms with Crippen LogP contribution in [0.25, 0.3) is 11.0 Å². The van der Waals surface area contributed by atoms with Crippen LogP contribution in [-0.2, 0) is 4.74 Å². The summed E-state index contributed by atoms with van der Waals surface area (Å²) >= 11 is 0. The molecule has 0 saturated carbocycles. The molecule has 0 saturated heterocycles. The Morgan fingerprint density at radius 3 is 2.81 bits per heavy atom. The van der Waals surface area contributed by atoms with Crippen molar-refractivity contribution in [3.63, 3.8) is 0 Å². The minimum absolute atomic E-state index is 0.356. The topological polar surface area (TPSA) is 55.0 Å². The number of hydrogen-bond acceptors (Lipinski definition) is 3. The minimum Gasteiger partial charge on any atom is -0.455 e. The van der Waals surface area contributed by atoms with Gasteiger partial charge in [-0.15, -0.1) is 0 Å². The lowest BCUT2D eigenvalue weighted by Gasteiger charge is -2.18. The lowest BCUT2D eigenvalue weighted by molar-refractivity contribution is 0.00639. The molecule has 0 amide bonds. The first-order valence-electron chi connectivity index (χ1n) is 5.13. The van der Waals surface area contributed by atoms with E-state index in [2.05, 4.69) is 9.97 Å². The molecule has 2 aromatic heterocycles. The number of aromatic amines is 1. The number of hydrogen-bond donors (Lipinski definition) is 1. The number of ether oxygens (including phenoxy) is 1. The SMILES string of the molecule is CC(C)(C)OC(=O)c1cc2cccnc2[nH]1. The summed E-state index contributed by atoms with van der Waals surface area (Å²) in [4.78, 5) is 18.8. The van der Waals surface area contributed by atoms with Crippen molar-refractivity contribution >= 4 is 17.0 Å². The Labute approximate surface area is 93.6 Å². The predicted molar refractivity (Wildman–Crippen MR) is 61.3 cm³/mol. The molecule has 84 valence electrons. The summed E-state index contributed by atoms with van der Waals surface area (Å²) in [5.74, 6) is -0.356. The van der Waals surface area contributed by atoms with E-state index < -0.39 is 5.60 Å². The molecule has 0 bridgehead atoms. The van der Waals surface area contributed by atoms with Crippen LogP contribution in [0.5, 0.6) is 0 Å². The van der Waals surface area contributed by atoms with Gasteiger partial charge in [0.25, 0.3) is 0 Å². The molecule has 0 aliphatic heterocycles. The van der Waals surface area contributed by atoms with Crippen LogP contribution in [0.3, 0.4) is 0 Å². The first-order chi connectivity index (χ1) is 7.46. The summed E-state index contributed by atoms with van der Waals surface area (Å²) < 4.78 is 5.26. The van der Waals surface area contributed by atoms with Gasteiger partial charge in [-0.3, -0.25) is 0 Å². The number of carbonyl (C=O) groups excluding carboxylic acids is 1. The van der Waals surface area contributed by atoms with Crippen LogP contribution in [-0.4, -0.2) is 21.5 Å². The number of carbonyl (C=O) groups is 1. The van der Waals surface area contributed by atoms with Crippen molar-refractivity contribution in [1.82, 2.24) is 9.97 Å². The second-order valence-corrected chi connectivity index (χ2v) is 4.63. The Kier molecular flexibility index (Phi) is 2.42. The number of pyridine rings is 1. The largest absolute Gasteiger partial charge is 0.455 e. The zero-order valence-corrected chi connectivity index (χ0v) is 9.57. The van der Waals surface area contributed by atoms with Crippen molar-refractivity contribution in [3.8, 4) is 0 Å². The Bertz CT molecular complexity index is 490. The van der Waals surface area contributed by atoms with E-state index in [0.29, 0.717) is 11.3 Å². The molecule has 0 aliphatic carbocycles. The van der Waals surface area contributed by atoms with Crippen molar-refractivity contribution < 1.29 is 9.53 Å². The first kappa shape index (κ1) is 10.7. The van der Waals surface area contributed by atoms with Gasteiger partial charge in [0, 0.05) is 11.6 Å². The van der Waals surface area contributed by atoms with Gasteiger partial charge in [0.1, 0.15) is 16.9 Å². The summed E-state index contributed by atoms with van der Waals surface area (Å²) in [6.07, 6.45) is 1.68. The van der Waals surface area contributed by atoms with Gasteiger partial charge >= 0.3 is 5.97 Å². The van der Waals surface area contributed by atoms with Crippen molar-refractivity contribution in [2.75, 3.05) is 0 Å². The molecule has 16 heavy (non-hydrogen) atoms. The molecule has 0 fully saturated rings. The molecule has 0 spiro atoms. The number of nitrogens with one attached hydrogen (secondary N) is 1. The third kappa shape index (κ3) is 2.21. The molecular weight excluding hydrogens is 204 g/mol. The highest BCUT2D eigenvalue weighted by atomic mass is 16.6. The molecule has 0 aromatic carbocycles. The number of H-pyrrole nitrogens is 1. The minimum atomic E-state index is -0.484. The Balaban J connectivity index is 2.30. The molecule has 0 radical (unpaired) electrons. The van der Waals surface area contributed by atoms with Gasteiger partial charge in [0.15, 0.2) is 0 Å². The third-order valence-corrected chi connectivity index (χ3v) is 2.01. The van der Waals surface area contributed by atoms with Crippen LogP contribution in [0.4, 0.5) is 0 Å². The van der Waals surface area contributed by atoms with E-state index >= 15 is 0 Å². The molecule has 4 heteroatoms. The molecule has 2 rings (SSSR count). The molecule has 1 N–H and O–H groups in total. The van der Waals surface area contributed by atoms with Gasteiger partial charge in [-0.2, -0.15) is 0 Å². The van der Waals surface area contributed by atoms with Crippen molar-refractivity contribution in [1.29, 1.82) is 0 Å². The Morgan fingerprint density at radius 2 is 2.19 bits per heavy atom. The summed E-state index contributed by atoms with van der Waals surface area (Å²) in [5, 5.41) is 0.906. The molecule has 0 aliphatic rings. The average molecular weight is 218 g/mol. The highest BCUT2D eigenvalue weighted by molar-refractivity contribution is 5.93. The quantitative estimate of drug-likeness (QED) is 0.748. The number of aromatic nitrogens is 2. The van der Waals surface area contributed by atoms with Gasteiger partial charge in [-0.1, -0.05) is 0 Å². The highest BCUT2D eigenvalue weighted by Gasteiger charge is 2.19.